The van der Waals surface area contributed by atoms with Crippen molar-refractivity contribution in [3.8, 4) is 0 Å². The van der Waals surface area contributed by atoms with Crippen LogP contribution in [0, 0.1) is 0 Å². The van der Waals surface area contributed by atoms with Gasteiger partial charge in [-0.1, -0.05) is 6.07 Å². The van der Waals surface area contributed by atoms with Gasteiger partial charge in [0.25, 0.3) is 17.7 Å². The molecule has 1 atom stereocenters. The zero-order chi connectivity index (χ0) is 14.9. The zero-order valence-corrected chi connectivity index (χ0v) is 11.8. The van der Waals surface area contributed by atoms with E-state index < -0.39 is 23.8 Å². The highest BCUT2D eigenvalue weighted by Crippen LogP contribution is 2.28. The minimum Gasteiger partial charge on any atom is -0.398 e. The molecule has 1 heterocycles. The summed E-state index contributed by atoms with van der Waals surface area (Å²) in [7, 11) is 0. The lowest BCUT2D eigenvalue weighted by molar-refractivity contribution is -0.127. The van der Waals surface area contributed by atoms with Gasteiger partial charge in [0, 0.05) is 5.69 Å². The molecule has 106 valence electrons. The highest BCUT2D eigenvalue weighted by atomic mass is 32.2. The fourth-order valence-corrected chi connectivity index (χ4v) is 2.54. The van der Waals surface area contributed by atoms with Crippen molar-refractivity contribution >= 4 is 35.2 Å². The van der Waals surface area contributed by atoms with Crippen LogP contribution >= 0.6 is 11.8 Å². The van der Waals surface area contributed by atoms with Crippen molar-refractivity contribution in [2.75, 3.05) is 17.7 Å². The molecule has 0 bridgehead atoms. The average molecular weight is 293 g/mol. The van der Waals surface area contributed by atoms with E-state index in [0.717, 1.165) is 0 Å². The van der Waals surface area contributed by atoms with Gasteiger partial charge in [0.05, 0.1) is 17.2 Å². The van der Waals surface area contributed by atoms with Gasteiger partial charge in [0.1, 0.15) is 0 Å². The second-order valence-corrected chi connectivity index (χ2v) is 5.43. The number of fused-ring (bicyclic) bond motifs is 1. The SMILES string of the molecule is CSCC[C@@H](N)C(=O)N1C(=O)c2cccc(N)c2C1=O. The third-order valence-electron chi connectivity index (χ3n) is 3.12. The van der Waals surface area contributed by atoms with Gasteiger partial charge in [0.2, 0.25) is 0 Å². The molecule has 6 nitrogen and oxygen atoms in total. The van der Waals surface area contributed by atoms with E-state index in [2.05, 4.69) is 0 Å². The third-order valence-corrected chi connectivity index (χ3v) is 3.76. The van der Waals surface area contributed by atoms with Gasteiger partial charge in [-0.2, -0.15) is 11.8 Å². The average Bonchev–Trinajstić information content (AvgIpc) is 2.68. The molecule has 1 aliphatic rings. The van der Waals surface area contributed by atoms with Crippen LogP contribution < -0.4 is 11.5 Å². The molecule has 4 N–H and O–H groups in total. The van der Waals surface area contributed by atoms with Crippen LogP contribution in [0.2, 0.25) is 0 Å². The largest absolute Gasteiger partial charge is 0.398 e. The summed E-state index contributed by atoms with van der Waals surface area (Å²) in [5.41, 5.74) is 11.9. The number of nitrogens with two attached hydrogens (primary N) is 2. The molecule has 0 aliphatic carbocycles. The molecule has 1 aromatic carbocycles. The quantitative estimate of drug-likeness (QED) is 0.617. The molecule has 3 amide bonds. The summed E-state index contributed by atoms with van der Waals surface area (Å²) in [6.45, 7) is 0. The Kier molecular flexibility index (Phi) is 4.10. The van der Waals surface area contributed by atoms with Gasteiger partial charge in [-0.05, 0) is 30.6 Å². The first kappa shape index (κ1) is 14.5. The molecule has 0 unspecified atom stereocenters. The summed E-state index contributed by atoms with van der Waals surface area (Å²) in [5.74, 6) is -1.34. The normalized spacial score (nSPS) is 15.4. The predicted octanol–water partition coefficient (Wildman–Crippen LogP) is 0.472. The molecule has 0 saturated carbocycles. The van der Waals surface area contributed by atoms with Crippen LogP contribution in [0.25, 0.3) is 0 Å². The topological polar surface area (TPSA) is 106 Å². The van der Waals surface area contributed by atoms with Crippen molar-refractivity contribution in [2.24, 2.45) is 5.73 Å². The van der Waals surface area contributed by atoms with Crippen LogP contribution in [-0.4, -0.2) is 40.7 Å². The van der Waals surface area contributed by atoms with E-state index in [-0.39, 0.29) is 16.8 Å². The summed E-state index contributed by atoms with van der Waals surface area (Å²) in [6.07, 6.45) is 2.29. The molecule has 0 aromatic heterocycles. The number of carbonyl (C=O) groups is 3. The molecule has 0 radical (unpaired) electrons. The Hall–Kier alpha value is -1.86. The maximum atomic E-state index is 12.2. The summed E-state index contributed by atoms with van der Waals surface area (Å²) in [4.78, 5) is 37.1. The van der Waals surface area contributed by atoms with E-state index in [0.29, 0.717) is 17.1 Å². The lowest BCUT2D eigenvalue weighted by Gasteiger charge is -2.16. The molecule has 0 spiro atoms. The Balaban J connectivity index is 2.29. The fourth-order valence-electron chi connectivity index (χ4n) is 2.05. The second-order valence-electron chi connectivity index (χ2n) is 4.44. The maximum Gasteiger partial charge on any atom is 0.270 e. The van der Waals surface area contributed by atoms with E-state index in [1.807, 2.05) is 6.26 Å². The second kappa shape index (κ2) is 5.64. The highest BCUT2D eigenvalue weighted by Gasteiger charge is 2.42. The van der Waals surface area contributed by atoms with Crippen LogP contribution in [0.5, 0.6) is 0 Å². The predicted molar refractivity (Wildman–Crippen MR) is 77.3 cm³/mol. The number of thioether (sulfide) groups is 1. The smallest absolute Gasteiger partial charge is 0.270 e. The molecular weight excluding hydrogens is 278 g/mol. The Morgan fingerprint density at radius 3 is 2.65 bits per heavy atom. The Bertz CT molecular complexity index is 588. The third kappa shape index (κ3) is 2.30. The van der Waals surface area contributed by atoms with E-state index in [9.17, 15) is 14.4 Å². The van der Waals surface area contributed by atoms with Crippen LogP contribution in [0.3, 0.4) is 0 Å². The van der Waals surface area contributed by atoms with Crippen LogP contribution in [-0.2, 0) is 4.79 Å². The summed E-state index contributed by atoms with van der Waals surface area (Å²) < 4.78 is 0. The van der Waals surface area contributed by atoms with E-state index in [1.54, 1.807) is 17.8 Å². The van der Waals surface area contributed by atoms with Gasteiger partial charge in [-0.3, -0.25) is 14.4 Å². The van der Waals surface area contributed by atoms with Crippen molar-refractivity contribution < 1.29 is 14.4 Å². The lowest BCUT2D eigenvalue weighted by atomic mass is 10.1. The first-order valence-electron chi connectivity index (χ1n) is 6.04. The van der Waals surface area contributed by atoms with Crippen molar-refractivity contribution in [2.45, 2.75) is 12.5 Å². The van der Waals surface area contributed by atoms with E-state index in [1.165, 1.54) is 12.1 Å². The van der Waals surface area contributed by atoms with Crippen LogP contribution in [0.15, 0.2) is 18.2 Å². The summed E-state index contributed by atoms with van der Waals surface area (Å²) in [5, 5.41) is 0. The molecule has 1 aromatic rings. The van der Waals surface area contributed by atoms with E-state index in [4.69, 9.17) is 11.5 Å². The minimum atomic E-state index is -0.870. The maximum absolute atomic E-state index is 12.2. The van der Waals surface area contributed by atoms with Gasteiger partial charge < -0.3 is 11.5 Å². The number of imide groups is 3. The Morgan fingerprint density at radius 2 is 2.05 bits per heavy atom. The molecule has 7 heteroatoms. The number of amides is 3. The Morgan fingerprint density at radius 1 is 1.35 bits per heavy atom. The minimum absolute atomic E-state index is 0.0860. The van der Waals surface area contributed by atoms with Crippen molar-refractivity contribution in [3.05, 3.63) is 29.3 Å². The van der Waals surface area contributed by atoms with Crippen molar-refractivity contribution in [1.82, 2.24) is 4.90 Å². The lowest BCUT2D eigenvalue weighted by Crippen LogP contribution is -2.46. The number of benzene rings is 1. The number of hydrogen-bond acceptors (Lipinski definition) is 6. The molecule has 0 fully saturated rings. The summed E-state index contributed by atoms with van der Waals surface area (Å²) in [6, 6.07) is 3.70. The summed E-state index contributed by atoms with van der Waals surface area (Å²) >= 11 is 1.54. The standard InChI is InChI=1S/C13H15N3O3S/c1-20-6-5-9(15)12(18)16-11(17)7-3-2-4-8(14)10(7)13(16)19/h2-4,9H,5-6,14-15H2,1H3/t9-/m1/s1. The molecular formula is C13H15N3O3S. The van der Waals surface area contributed by atoms with Gasteiger partial charge in [0.15, 0.2) is 0 Å². The number of carbonyl (C=O) groups excluding carboxylic acids is 3. The van der Waals surface area contributed by atoms with Crippen LogP contribution in [0.1, 0.15) is 27.1 Å². The zero-order valence-electron chi connectivity index (χ0n) is 11.0. The van der Waals surface area contributed by atoms with Crippen LogP contribution in [0.4, 0.5) is 5.69 Å². The first-order chi connectivity index (χ1) is 9.49. The number of nitrogen functional groups attached to an aromatic ring is 1. The highest BCUT2D eigenvalue weighted by molar-refractivity contribution is 7.98. The van der Waals surface area contributed by atoms with Gasteiger partial charge >= 0.3 is 0 Å². The van der Waals surface area contributed by atoms with Gasteiger partial charge in [-0.15, -0.1) is 0 Å². The molecule has 20 heavy (non-hydrogen) atoms. The molecule has 2 rings (SSSR count). The number of anilines is 1. The molecule has 1 aliphatic heterocycles. The van der Waals surface area contributed by atoms with Crippen molar-refractivity contribution in [1.29, 1.82) is 0 Å². The number of nitrogens with zero attached hydrogens (tertiary/aromatic N) is 1. The Labute approximate surface area is 120 Å². The monoisotopic (exact) mass is 293 g/mol. The number of hydrogen-bond donors (Lipinski definition) is 2. The van der Waals surface area contributed by atoms with Crippen molar-refractivity contribution in [3.63, 3.8) is 0 Å². The number of rotatable bonds is 4. The molecule has 0 saturated heterocycles. The first-order valence-corrected chi connectivity index (χ1v) is 7.44. The fraction of sp³-hybridized carbons (Fsp3) is 0.308. The van der Waals surface area contributed by atoms with E-state index >= 15 is 0 Å². The van der Waals surface area contributed by atoms with Gasteiger partial charge in [-0.25, -0.2) is 4.90 Å².